The number of carbonyl (C=O) groups is 1. The topological polar surface area (TPSA) is 89.7 Å². The normalized spacial score (nSPS) is 21.0. The van der Waals surface area contributed by atoms with Gasteiger partial charge in [0.25, 0.3) is 0 Å². The lowest BCUT2D eigenvalue weighted by Gasteiger charge is -2.16. The molecule has 18 heavy (non-hydrogen) atoms. The fraction of sp³-hybridized carbons (Fsp3) is 0.909. The predicted octanol–water partition coefficient (Wildman–Crippen LogP) is -0.0615. The molecular formula is C11H22N2O4S. The van der Waals surface area contributed by atoms with E-state index in [1.807, 2.05) is 13.8 Å². The van der Waals surface area contributed by atoms with Gasteiger partial charge in [-0.3, -0.25) is 4.79 Å². The lowest BCUT2D eigenvalue weighted by atomic mass is 10.1. The zero-order valence-electron chi connectivity index (χ0n) is 11.0. The summed E-state index contributed by atoms with van der Waals surface area (Å²) in [4.78, 5) is 13.3. The Morgan fingerprint density at radius 2 is 2.17 bits per heavy atom. The lowest BCUT2D eigenvalue weighted by Crippen LogP contribution is -2.29. The van der Waals surface area contributed by atoms with Crippen LogP contribution in [-0.2, 0) is 19.6 Å². The Morgan fingerprint density at radius 1 is 1.50 bits per heavy atom. The van der Waals surface area contributed by atoms with Crippen LogP contribution < -0.4 is 5.14 Å². The van der Waals surface area contributed by atoms with Gasteiger partial charge in [0.05, 0.1) is 11.9 Å². The van der Waals surface area contributed by atoms with Crippen LogP contribution in [0.25, 0.3) is 0 Å². The van der Waals surface area contributed by atoms with E-state index in [4.69, 9.17) is 9.88 Å². The van der Waals surface area contributed by atoms with Crippen molar-refractivity contribution in [3.05, 3.63) is 0 Å². The highest BCUT2D eigenvalue weighted by atomic mass is 32.2. The minimum atomic E-state index is -3.49. The minimum Gasteiger partial charge on any atom is -0.379 e. The summed E-state index contributed by atoms with van der Waals surface area (Å²) in [5, 5.41) is 4.98. The van der Waals surface area contributed by atoms with E-state index in [2.05, 4.69) is 0 Å². The maximum Gasteiger partial charge on any atom is 0.222 e. The molecule has 1 aliphatic heterocycles. The molecule has 0 aromatic rings. The Kier molecular flexibility index (Phi) is 5.55. The van der Waals surface area contributed by atoms with Gasteiger partial charge in [-0.25, -0.2) is 13.6 Å². The first-order valence-corrected chi connectivity index (χ1v) is 7.89. The summed E-state index contributed by atoms with van der Waals surface area (Å²) in [5.74, 6) is -0.274. The first kappa shape index (κ1) is 15.4. The molecule has 1 rings (SSSR count). The quantitative estimate of drug-likeness (QED) is 0.661. The number of sulfonamides is 1. The molecule has 0 bridgehead atoms. The summed E-state index contributed by atoms with van der Waals surface area (Å²) in [5.41, 5.74) is 0. The number of carbonyl (C=O) groups excluding carboxylic acids is 1. The molecule has 2 N–H and O–H groups in total. The molecule has 1 fully saturated rings. The Morgan fingerprint density at radius 3 is 2.72 bits per heavy atom. The van der Waals surface area contributed by atoms with Crippen molar-refractivity contribution in [2.45, 2.75) is 32.8 Å². The van der Waals surface area contributed by atoms with Gasteiger partial charge in [-0.1, -0.05) is 0 Å². The number of likely N-dealkylation sites (tertiary alicyclic amines) is 1. The third-order valence-corrected chi connectivity index (χ3v) is 3.72. The van der Waals surface area contributed by atoms with Gasteiger partial charge in [0.1, 0.15) is 0 Å². The molecule has 0 aliphatic carbocycles. The fourth-order valence-corrected chi connectivity index (χ4v) is 2.97. The molecule has 0 spiro atoms. The molecule has 0 aromatic heterocycles. The smallest absolute Gasteiger partial charge is 0.222 e. The van der Waals surface area contributed by atoms with Gasteiger partial charge in [0.15, 0.2) is 0 Å². The molecule has 1 atom stereocenters. The second-order valence-corrected chi connectivity index (χ2v) is 6.67. The second kappa shape index (κ2) is 6.49. The van der Waals surface area contributed by atoms with Gasteiger partial charge in [-0.2, -0.15) is 0 Å². The van der Waals surface area contributed by atoms with Crippen LogP contribution in [0.4, 0.5) is 0 Å². The molecular weight excluding hydrogens is 256 g/mol. The van der Waals surface area contributed by atoms with Gasteiger partial charge in [0, 0.05) is 32.0 Å². The predicted molar refractivity (Wildman–Crippen MR) is 68.4 cm³/mol. The number of hydrogen-bond donors (Lipinski definition) is 1. The summed E-state index contributed by atoms with van der Waals surface area (Å²) in [7, 11) is -3.49. The second-order valence-electron chi connectivity index (χ2n) is 5.01. The third kappa shape index (κ3) is 5.79. The molecule has 0 radical (unpaired) electrons. The molecule has 0 saturated carbocycles. The molecule has 6 nitrogen and oxygen atoms in total. The number of nitrogens with two attached hydrogens (primary N) is 1. The van der Waals surface area contributed by atoms with Crippen LogP contribution in [-0.4, -0.2) is 50.8 Å². The minimum absolute atomic E-state index is 0.00759. The first-order chi connectivity index (χ1) is 8.28. The van der Waals surface area contributed by atoms with Gasteiger partial charge < -0.3 is 9.64 Å². The van der Waals surface area contributed by atoms with Crippen LogP contribution in [0.5, 0.6) is 0 Å². The van der Waals surface area contributed by atoms with Crippen molar-refractivity contribution in [2.75, 3.05) is 25.4 Å². The molecule has 7 heteroatoms. The molecule has 1 unspecified atom stereocenters. The number of rotatable bonds is 7. The molecule has 1 saturated heterocycles. The molecule has 106 valence electrons. The standard InChI is InChI=1S/C11H22N2O4S/c1-9(2)17-5-3-4-13-7-10(6-11(13)14)8-18(12,15)16/h9-10H,3-8H2,1-2H3,(H2,12,15,16). The van der Waals surface area contributed by atoms with Gasteiger partial charge in [-0.05, 0) is 20.3 Å². The van der Waals surface area contributed by atoms with Crippen LogP contribution >= 0.6 is 0 Å². The van der Waals surface area contributed by atoms with E-state index in [1.54, 1.807) is 4.90 Å². The van der Waals surface area contributed by atoms with Crippen LogP contribution in [0.15, 0.2) is 0 Å². The Labute approximate surface area is 109 Å². The summed E-state index contributed by atoms with van der Waals surface area (Å²) in [6, 6.07) is 0. The van der Waals surface area contributed by atoms with Gasteiger partial charge in [-0.15, -0.1) is 0 Å². The van der Waals surface area contributed by atoms with Crippen LogP contribution in [0.1, 0.15) is 26.7 Å². The summed E-state index contributed by atoms with van der Waals surface area (Å²) in [6.07, 6.45) is 1.24. The van der Waals surface area contributed by atoms with Gasteiger partial charge >= 0.3 is 0 Å². The van der Waals surface area contributed by atoms with Crippen molar-refractivity contribution in [1.29, 1.82) is 0 Å². The van der Waals surface area contributed by atoms with Crippen molar-refractivity contribution >= 4 is 15.9 Å². The maximum absolute atomic E-state index is 11.6. The van der Waals surface area contributed by atoms with Gasteiger partial charge in [0.2, 0.25) is 15.9 Å². The Bertz CT molecular complexity index is 381. The zero-order valence-corrected chi connectivity index (χ0v) is 11.8. The average molecular weight is 278 g/mol. The number of amides is 1. The highest BCUT2D eigenvalue weighted by molar-refractivity contribution is 7.89. The number of primary sulfonamides is 1. The fourth-order valence-electron chi connectivity index (χ4n) is 2.08. The number of hydrogen-bond acceptors (Lipinski definition) is 4. The van der Waals surface area contributed by atoms with Crippen molar-refractivity contribution in [3.63, 3.8) is 0 Å². The van der Waals surface area contributed by atoms with E-state index >= 15 is 0 Å². The van der Waals surface area contributed by atoms with Crippen LogP contribution in [0.2, 0.25) is 0 Å². The SMILES string of the molecule is CC(C)OCCCN1CC(CS(N)(=O)=O)CC1=O. The Balaban J connectivity index is 2.29. The molecule has 1 heterocycles. The molecule has 0 aromatic carbocycles. The van der Waals surface area contributed by atoms with E-state index in [1.165, 1.54) is 0 Å². The van der Waals surface area contributed by atoms with Crippen molar-refractivity contribution < 1.29 is 17.9 Å². The molecule has 1 amide bonds. The van der Waals surface area contributed by atoms with E-state index in [-0.39, 0.29) is 30.1 Å². The largest absolute Gasteiger partial charge is 0.379 e. The van der Waals surface area contributed by atoms with Crippen molar-refractivity contribution in [3.8, 4) is 0 Å². The lowest BCUT2D eigenvalue weighted by molar-refractivity contribution is -0.127. The van der Waals surface area contributed by atoms with Crippen molar-refractivity contribution in [1.82, 2.24) is 4.90 Å². The summed E-state index contributed by atoms with van der Waals surface area (Å²) >= 11 is 0. The van der Waals surface area contributed by atoms with E-state index in [9.17, 15) is 13.2 Å². The van der Waals surface area contributed by atoms with Crippen LogP contribution in [0, 0.1) is 5.92 Å². The number of nitrogens with zero attached hydrogens (tertiary/aromatic N) is 1. The highest BCUT2D eigenvalue weighted by Gasteiger charge is 2.31. The first-order valence-electron chi connectivity index (χ1n) is 6.18. The third-order valence-electron chi connectivity index (χ3n) is 2.79. The zero-order chi connectivity index (χ0) is 13.8. The monoisotopic (exact) mass is 278 g/mol. The summed E-state index contributed by atoms with van der Waals surface area (Å²) < 4.78 is 27.3. The maximum atomic E-state index is 11.6. The highest BCUT2D eigenvalue weighted by Crippen LogP contribution is 2.18. The molecule has 1 aliphatic rings. The van der Waals surface area contributed by atoms with E-state index in [0.717, 1.165) is 6.42 Å². The summed E-state index contributed by atoms with van der Waals surface area (Å²) in [6.45, 7) is 5.64. The number of ether oxygens (including phenoxy) is 1. The van der Waals surface area contributed by atoms with E-state index in [0.29, 0.717) is 19.7 Å². The van der Waals surface area contributed by atoms with Crippen LogP contribution in [0.3, 0.4) is 0 Å². The van der Waals surface area contributed by atoms with E-state index < -0.39 is 10.0 Å². The average Bonchev–Trinajstić information content (AvgIpc) is 2.50. The van der Waals surface area contributed by atoms with Crippen molar-refractivity contribution in [2.24, 2.45) is 11.1 Å². The Hall–Kier alpha value is -0.660.